The first-order chi connectivity index (χ1) is 5.12. The quantitative estimate of drug-likeness (QED) is 0.633. The van der Waals surface area contributed by atoms with Crippen molar-refractivity contribution in [3.63, 3.8) is 0 Å². The molecule has 0 radical (unpaired) electrons. The van der Waals surface area contributed by atoms with E-state index < -0.39 is 16.1 Å². The first-order valence-corrected chi connectivity index (χ1v) is 15.4. The van der Waals surface area contributed by atoms with E-state index in [9.17, 15) is 0 Å². The summed E-state index contributed by atoms with van der Waals surface area (Å²) in [7, 11) is -1.85. The van der Waals surface area contributed by atoms with E-state index >= 15 is 0 Å². The topological polar surface area (TPSA) is 0 Å². The number of hydrogen-bond donors (Lipinski definition) is 0. The van der Waals surface area contributed by atoms with Crippen LogP contribution in [-0.4, -0.2) is 24.9 Å². The minimum absolute atomic E-state index is 0.301. The molecule has 0 bridgehead atoms. The van der Waals surface area contributed by atoms with Gasteiger partial charge >= 0.3 is 0 Å². The van der Waals surface area contributed by atoms with Crippen LogP contribution < -0.4 is 0 Å². The molecule has 0 unspecified atom stereocenters. The van der Waals surface area contributed by atoms with Crippen molar-refractivity contribution in [1.29, 1.82) is 0 Å². The summed E-state index contributed by atoms with van der Waals surface area (Å²) in [4.78, 5) is 0. The van der Waals surface area contributed by atoms with Crippen LogP contribution in [0.4, 0.5) is 0 Å². The van der Waals surface area contributed by atoms with E-state index in [2.05, 4.69) is 45.8 Å². The monoisotopic (exact) mass is 218 g/mol. The van der Waals surface area contributed by atoms with Crippen LogP contribution >= 0.6 is 0 Å². The van der Waals surface area contributed by atoms with Crippen molar-refractivity contribution < 1.29 is 0 Å². The van der Waals surface area contributed by atoms with Crippen LogP contribution in [-0.2, 0) is 0 Å². The fraction of sp³-hybridized carbons (Fsp3) is 1.00. The zero-order valence-electron chi connectivity index (χ0n) is 9.99. The minimum Gasteiger partial charge on any atom is -0.0724 e. The van der Waals surface area contributed by atoms with Gasteiger partial charge in [0.1, 0.15) is 0 Å². The summed E-state index contributed by atoms with van der Waals surface area (Å²) in [6.07, 6.45) is 0. The maximum atomic E-state index is 2.60. The third kappa shape index (κ3) is 7.31. The van der Waals surface area contributed by atoms with E-state index in [1.165, 1.54) is 0 Å². The molecule has 0 heterocycles. The van der Waals surface area contributed by atoms with E-state index in [0.717, 1.165) is 0 Å². The largest absolute Gasteiger partial charge is 0.0724 e. The Morgan fingerprint density at radius 1 is 0.917 bits per heavy atom. The lowest BCUT2D eigenvalue weighted by atomic mass is 11.7. The molecule has 0 rings (SSSR count). The Bertz CT molecular complexity index is 133. The van der Waals surface area contributed by atoms with Crippen LogP contribution in [0.2, 0.25) is 57.2 Å². The molecule has 0 aromatic carbocycles. The van der Waals surface area contributed by atoms with Crippen molar-refractivity contribution in [3.8, 4) is 0 Å². The van der Waals surface area contributed by atoms with Gasteiger partial charge in [-0.15, -0.1) is 0 Å². The van der Waals surface area contributed by atoms with Gasteiger partial charge in [0.2, 0.25) is 0 Å². The molecule has 0 amide bonds. The van der Waals surface area contributed by atoms with Crippen LogP contribution in [0, 0.1) is 0 Å². The average Bonchev–Trinajstić information content (AvgIpc) is 1.48. The summed E-state index contributed by atoms with van der Waals surface area (Å²) in [6.45, 7) is 17.7. The van der Waals surface area contributed by atoms with Gasteiger partial charge in [0.05, 0.1) is 0 Å². The first kappa shape index (κ1) is 12.7. The molecule has 3 heteroatoms. The van der Waals surface area contributed by atoms with Gasteiger partial charge in [-0.2, -0.15) is 0 Å². The van der Waals surface area contributed by atoms with Gasteiger partial charge in [-0.25, -0.2) is 0 Å². The maximum Gasteiger partial charge on any atom is 0.0418 e. The average molecular weight is 219 g/mol. The Labute approximate surface area is 82.4 Å². The van der Waals surface area contributed by atoms with Crippen LogP contribution in [0.1, 0.15) is 0 Å². The van der Waals surface area contributed by atoms with Crippen molar-refractivity contribution in [2.45, 2.75) is 57.2 Å². The second kappa shape index (κ2) is 4.24. The standard InChI is InChI=1S/C9H26Si3/c1-10(2)8-12(6,7)9-11(3,4)5/h10H,8-9H2,1-7H3. The summed E-state index contributed by atoms with van der Waals surface area (Å²) in [5.74, 6) is 0. The lowest BCUT2D eigenvalue weighted by Gasteiger charge is -2.30. The molecule has 0 N–H and O–H groups in total. The fourth-order valence-corrected chi connectivity index (χ4v) is 24.8. The van der Waals surface area contributed by atoms with Crippen molar-refractivity contribution >= 4 is 24.9 Å². The van der Waals surface area contributed by atoms with E-state index in [1.54, 1.807) is 11.3 Å². The Balaban J connectivity index is 4.04. The molecule has 0 aliphatic rings. The zero-order chi connectivity index (χ0) is 9.99. The Hall–Kier alpha value is 0.651. The third-order valence-corrected chi connectivity index (χ3v) is 17.7. The molecule has 0 fully saturated rings. The Morgan fingerprint density at radius 3 is 1.58 bits per heavy atom. The molecule has 74 valence electrons. The normalized spacial score (nSPS) is 14.0. The highest BCUT2D eigenvalue weighted by Gasteiger charge is 2.28. The zero-order valence-corrected chi connectivity index (χ0v) is 13.1. The Morgan fingerprint density at radius 2 is 1.33 bits per heavy atom. The molecule has 0 aromatic heterocycles. The highest BCUT2D eigenvalue weighted by molar-refractivity contribution is 6.98. The number of hydrogen-bond acceptors (Lipinski definition) is 0. The lowest BCUT2D eigenvalue weighted by molar-refractivity contribution is 1.47. The van der Waals surface area contributed by atoms with Gasteiger partial charge in [0, 0.05) is 24.9 Å². The van der Waals surface area contributed by atoms with Gasteiger partial charge in [0.25, 0.3) is 0 Å². The molecule has 0 saturated heterocycles. The van der Waals surface area contributed by atoms with Gasteiger partial charge in [-0.05, 0) is 0 Å². The molecule has 0 saturated carbocycles. The number of rotatable bonds is 4. The second-order valence-corrected chi connectivity index (χ2v) is 21.8. The van der Waals surface area contributed by atoms with Crippen LogP contribution in [0.3, 0.4) is 0 Å². The molecule has 0 nitrogen and oxygen atoms in total. The predicted octanol–water partition coefficient (Wildman–Crippen LogP) is 3.60. The lowest BCUT2D eigenvalue weighted by Crippen LogP contribution is -2.39. The molecular formula is C9H26Si3. The van der Waals surface area contributed by atoms with Crippen molar-refractivity contribution in [2.24, 2.45) is 0 Å². The van der Waals surface area contributed by atoms with E-state index in [4.69, 9.17) is 0 Å². The molecule has 0 atom stereocenters. The summed E-state index contributed by atoms with van der Waals surface area (Å²) in [5, 5.41) is 0. The van der Waals surface area contributed by atoms with E-state index in [1.807, 2.05) is 0 Å². The summed E-state index contributed by atoms with van der Waals surface area (Å²) in [6, 6.07) is 0. The van der Waals surface area contributed by atoms with Gasteiger partial charge in [0.15, 0.2) is 0 Å². The Kier molecular flexibility index (Phi) is 4.47. The molecule has 0 spiro atoms. The van der Waals surface area contributed by atoms with Crippen LogP contribution in [0.25, 0.3) is 0 Å². The van der Waals surface area contributed by atoms with Gasteiger partial charge in [-0.1, -0.05) is 57.2 Å². The molecular weight excluding hydrogens is 192 g/mol. The van der Waals surface area contributed by atoms with Crippen LogP contribution in [0.5, 0.6) is 0 Å². The van der Waals surface area contributed by atoms with Crippen molar-refractivity contribution in [3.05, 3.63) is 0 Å². The van der Waals surface area contributed by atoms with E-state index in [-0.39, 0.29) is 8.80 Å². The smallest absolute Gasteiger partial charge is 0.0418 e. The maximum absolute atomic E-state index is 2.60. The molecule has 12 heavy (non-hydrogen) atoms. The second-order valence-electron chi connectivity index (χ2n) is 6.50. The molecule has 0 aliphatic carbocycles. The van der Waals surface area contributed by atoms with Gasteiger partial charge in [-0.3, -0.25) is 0 Å². The van der Waals surface area contributed by atoms with Gasteiger partial charge < -0.3 is 0 Å². The molecule has 0 aromatic rings. The minimum atomic E-state index is -0.778. The fourth-order valence-electron chi connectivity index (χ4n) is 2.61. The highest BCUT2D eigenvalue weighted by Crippen LogP contribution is 2.23. The highest BCUT2D eigenvalue weighted by atomic mass is 28.4. The van der Waals surface area contributed by atoms with Crippen molar-refractivity contribution in [2.75, 3.05) is 0 Å². The summed E-state index contributed by atoms with van der Waals surface area (Å²) < 4.78 is 0. The van der Waals surface area contributed by atoms with Crippen molar-refractivity contribution in [1.82, 2.24) is 0 Å². The summed E-state index contributed by atoms with van der Waals surface area (Å²) >= 11 is 0. The SMILES string of the molecule is C[SiH](C)C[Si](C)(C)C[Si](C)(C)C. The van der Waals surface area contributed by atoms with E-state index in [0.29, 0.717) is 0 Å². The predicted molar refractivity (Wildman–Crippen MR) is 69.3 cm³/mol. The summed E-state index contributed by atoms with van der Waals surface area (Å²) in [5.41, 5.74) is 3.28. The first-order valence-electron chi connectivity index (χ1n) is 5.12. The third-order valence-electron chi connectivity index (χ3n) is 1.97. The van der Waals surface area contributed by atoms with Crippen LogP contribution in [0.15, 0.2) is 0 Å². The molecule has 0 aliphatic heterocycles.